The Morgan fingerprint density at radius 2 is 2.00 bits per heavy atom. The van der Waals surface area contributed by atoms with Crippen LogP contribution in [0.3, 0.4) is 0 Å². The molecule has 1 aliphatic carbocycles. The van der Waals surface area contributed by atoms with Crippen LogP contribution >= 0.6 is 0 Å². The van der Waals surface area contributed by atoms with Gasteiger partial charge in [0.05, 0.1) is 0 Å². The number of nitrogens with zero attached hydrogens (tertiary/aromatic N) is 1. The lowest BCUT2D eigenvalue weighted by atomic mass is 10.1. The zero-order chi connectivity index (χ0) is 16.3. The lowest BCUT2D eigenvalue weighted by Crippen LogP contribution is -2.40. The molecular weight excluding hydrogens is 284 g/mol. The third kappa shape index (κ3) is 4.07. The number of benzene rings is 1. The molecule has 0 heterocycles. The van der Waals surface area contributed by atoms with Crippen molar-refractivity contribution in [3.8, 4) is 0 Å². The van der Waals surface area contributed by atoms with Crippen molar-refractivity contribution in [3.05, 3.63) is 29.8 Å². The fourth-order valence-electron chi connectivity index (χ4n) is 2.12. The number of amides is 2. The van der Waals surface area contributed by atoms with Crippen molar-refractivity contribution >= 4 is 23.5 Å². The van der Waals surface area contributed by atoms with Crippen LogP contribution in [0.25, 0.3) is 0 Å². The minimum Gasteiger partial charge on any atom is -0.480 e. The predicted octanol–water partition coefficient (Wildman–Crippen LogP) is 1.97. The standard InChI is InChI=1S/C16H20N2O4/c1-10(2)18(9-14(19)20)16(22)12-4-3-5-13(8-12)17-15(21)11-6-7-11/h3-5,8,10-11H,6-7,9H2,1-2H3,(H,17,21)(H,19,20). The number of carboxylic acid groups (broad SMARTS) is 1. The molecule has 0 aromatic heterocycles. The molecule has 0 atom stereocenters. The Morgan fingerprint density at radius 1 is 1.32 bits per heavy atom. The fraction of sp³-hybridized carbons (Fsp3) is 0.438. The third-order valence-electron chi connectivity index (χ3n) is 3.52. The molecule has 1 aromatic rings. The number of carboxylic acids is 1. The maximum Gasteiger partial charge on any atom is 0.323 e. The quantitative estimate of drug-likeness (QED) is 0.841. The lowest BCUT2D eigenvalue weighted by molar-refractivity contribution is -0.138. The third-order valence-corrected chi connectivity index (χ3v) is 3.52. The Kier molecular flexibility index (Phi) is 4.80. The monoisotopic (exact) mass is 304 g/mol. The second-order valence-electron chi connectivity index (χ2n) is 5.76. The van der Waals surface area contributed by atoms with E-state index in [4.69, 9.17) is 5.11 Å². The molecule has 22 heavy (non-hydrogen) atoms. The molecule has 1 aliphatic rings. The highest BCUT2D eigenvalue weighted by atomic mass is 16.4. The van der Waals surface area contributed by atoms with Gasteiger partial charge < -0.3 is 15.3 Å². The van der Waals surface area contributed by atoms with Crippen LogP contribution in [-0.4, -0.2) is 40.4 Å². The fourth-order valence-corrected chi connectivity index (χ4v) is 2.12. The first-order valence-corrected chi connectivity index (χ1v) is 7.32. The van der Waals surface area contributed by atoms with Gasteiger partial charge in [-0.25, -0.2) is 0 Å². The summed E-state index contributed by atoms with van der Waals surface area (Å²) in [6.07, 6.45) is 1.81. The van der Waals surface area contributed by atoms with E-state index in [1.165, 1.54) is 4.90 Å². The van der Waals surface area contributed by atoms with E-state index in [0.717, 1.165) is 12.8 Å². The Balaban J connectivity index is 2.14. The van der Waals surface area contributed by atoms with E-state index in [-0.39, 0.29) is 30.3 Å². The molecule has 118 valence electrons. The van der Waals surface area contributed by atoms with Crippen molar-refractivity contribution in [2.75, 3.05) is 11.9 Å². The van der Waals surface area contributed by atoms with Crippen LogP contribution in [0.5, 0.6) is 0 Å². The average molecular weight is 304 g/mol. The summed E-state index contributed by atoms with van der Waals surface area (Å²) in [5.41, 5.74) is 0.922. The molecule has 1 fully saturated rings. The molecule has 0 saturated heterocycles. The maximum absolute atomic E-state index is 12.5. The van der Waals surface area contributed by atoms with Gasteiger partial charge in [0, 0.05) is 23.2 Å². The Hall–Kier alpha value is -2.37. The van der Waals surface area contributed by atoms with Gasteiger partial charge in [-0.3, -0.25) is 14.4 Å². The Labute approximate surface area is 129 Å². The van der Waals surface area contributed by atoms with E-state index in [2.05, 4.69) is 5.32 Å². The summed E-state index contributed by atoms with van der Waals surface area (Å²) in [6, 6.07) is 6.36. The Bertz CT molecular complexity index is 594. The first-order chi connectivity index (χ1) is 10.4. The van der Waals surface area contributed by atoms with Gasteiger partial charge >= 0.3 is 5.97 Å². The highest BCUT2D eigenvalue weighted by molar-refractivity contribution is 5.99. The smallest absolute Gasteiger partial charge is 0.323 e. The minimum absolute atomic E-state index is 0.0316. The first kappa shape index (κ1) is 16.0. The van der Waals surface area contributed by atoms with Crippen LogP contribution < -0.4 is 5.32 Å². The maximum atomic E-state index is 12.5. The van der Waals surface area contributed by atoms with E-state index >= 15 is 0 Å². The number of rotatable bonds is 6. The number of nitrogens with one attached hydrogen (secondary N) is 1. The van der Waals surface area contributed by atoms with Gasteiger partial charge in [-0.2, -0.15) is 0 Å². The number of carbonyl (C=O) groups is 3. The number of hydrogen-bond donors (Lipinski definition) is 2. The normalized spacial score (nSPS) is 13.8. The molecule has 6 heteroatoms. The molecule has 1 saturated carbocycles. The van der Waals surface area contributed by atoms with Gasteiger partial charge in [0.2, 0.25) is 5.91 Å². The zero-order valence-corrected chi connectivity index (χ0v) is 12.7. The van der Waals surface area contributed by atoms with Crippen LogP contribution in [0.15, 0.2) is 24.3 Å². The number of hydrogen-bond acceptors (Lipinski definition) is 3. The van der Waals surface area contributed by atoms with Crippen molar-refractivity contribution < 1.29 is 19.5 Å². The van der Waals surface area contributed by atoms with Crippen molar-refractivity contribution in [2.24, 2.45) is 5.92 Å². The molecule has 0 aliphatic heterocycles. The van der Waals surface area contributed by atoms with E-state index in [1.807, 2.05) is 0 Å². The van der Waals surface area contributed by atoms with Crippen LogP contribution in [0.2, 0.25) is 0 Å². The Morgan fingerprint density at radius 3 is 2.55 bits per heavy atom. The number of carbonyl (C=O) groups excluding carboxylic acids is 2. The molecule has 0 bridgehead atoms. The van der Waals surface area contributed by atoms with Crippen LogP contribution in [0.1, 0.15) is 37.0 Å². The van der Waals surface area contributed by atoms with E-state index < -0.39 is 5.97 Å². The summed E-state index contributed by atoms with van der Waals surface area (Å²) in [5.74, 6) is -1.37. The average Bonchev–Trinajstić information content (AvgIpc) is 3.28. The van der Waals surface area contributed by atoms with Gasteiger partial charge in [-0.1, -0.05) is 6.07 Å². The van der Waals surface area contributed by atoms with Crippen LogP contribution in [-0.2, 0) is 9.59 Å². The summed E-state index contributed by atoms with van der Waals surface area (Å²) >= 11 is 0. The van der Waals surface area contributed by atoms with E-state index in [0.29, 0.717) is 11.3 Å². The van der Waals surface area contributed by atoms with Crippen molar-refractivity contribution in [3.63, 3.8) is 0 Å². The molecule has 2 N–H and O–H groups in total. The molecule has 0 spiro atoms. The minimum atomic E-state index is -1.06. The highest BCUT2D eigenvalue weighted by Crippen LogP contribution is 2.30. The summed E-state index contributed by atoms with van der Waals surface area (Å²) in [6.45, 7) is 3.17. The van der Waals surface area contributed by atoms with Crippen LogP contribution in [0.4, 0.5) is 5.69 Å². The lowest BCUT2D eigenvalue weighted by Gasteiger charge is -2.25. The highest BCUT2D eigenvalue weighted by Gasteiger charge is 2.29. The summed E-state index contributed by atoms with van der Waals surface area (Å²) in [5, 5.41) is 11.7. The molecule has 6 nitrogen and oxygen atoms in total. The summed E-state index contributed by atoms with van der Waals surface area (Å²) in [4.78, 5) is 36.4. The van der Waals surface area contributed by atoms with Gasteiger partial charge in [-0.15, -0.1) is 0 Å². The van der Waals surface area contributed by atoms with Crippen LogP contribution in [0, 0.1) is 5.92 Å². The number of anilines is 1. The molecule has 0 radical (unpaired) electrons. The molecule has 1 aromatic carbocycles. The van der Waals surface area contributed by atoms with Gasteiger partial charge in [0.15, 0.2) is 0 Å². The van der Waals surface area contributed by atoms with Gasteiger partial charge in [-0.05, 0) is 44.9 Å². The summed E-state index contributed by atoms with van der Waals surface area (Å²) in [7, 11) is 0. The van der Waals surface area contributed by atoms with Crippen molar-refractivity contribution in [1.82, 2.24) is 4.90 Å². The molecule has 2 amide bonds. The van der Waals surface area contributed by atoms with Gasteiger partial charge in [0.1, 0.15) is 6.54 Å². The van der Waals surface area contributed by atoms with Crippen molar-refractivity contribution in [2.45, 2.75) is 32.7 Å². The predicted molar refractivity (Wildman–Crippen MR) is 81.6 cm³/mol. The SMILES string of the molecule is CC(C)N(CC(=O)O)C(=O)c1cccc(NC(=O)C2CC2)c1. The molecular formula is C16H20N2O4. The topological polar surface area (TPSA) is 86.7 Å². The van der Waals surface area contributed by atoms with Crippen molar-refractivity contribution in [1.29, 1.82) is 0 Å². The molecule has 0 unspecified atom stereocenters. The second kappa shape index (κ2) is 6.60. The summed E-state index contributed by atoms with van der Waals surface area (Å²) < 4.78 is 0. The number of aliphatic carboxylic acids is 1. The van der Waals surface area contributed by atoms with E-state index in [9.17, 15) is 14.4 Å². The second-order valence-corrected chi connectivity index (χ2v) is 5.76. The first-order valence-electron chi connectivity index (χ1n) is 7.32. The van der Waals surface area contributed by atoms with E-state index in [1.54, 1.807) is 38.1 Å². The van der Waals surface area contributed by atoms with Gasteiger partial charge in [0.25, 0.3) is 5.91 Å². The molecule has 2 rings (SSSR count). The largest absolute Gasteiger partial charge is 0.480 e. The zero-order valence-electron chi connectivity index (χ0n) is 12.7.